The number of sulfonamides is 1. The van der Waals surface area contributed by atoms with Gasteiger partial charge in [0, 0.05) is 36.2 Å². The highest BCUT2D eigenvalue weighted by Crippen LogP contribution is 2.37. The predicted octanol–water partition coefficient (Wildman–Crippen LogP) is 2.71. The minimum atomic E-state index is -3.81. The van der Waals surface area contributed by atoms with E-state index in [0.717, 1.165) is 5.56 Å². The van der Waals surface area contributed by atoms with Crippen molar-refractivity contribution in [1.29, 1.82) is 0 Å². The number of benzene rings is 1. The van der Waals surface area contributed by atoms with Gasteiger partial charge in [-0.1, -0.05) is 6.92 Å². The molecule has 0 N–H and O–H groups in total. The topological polar surface area (TPSA) is 84.0 Å². The fraction of sp³-hybridized carbons (Fsp3) is 0.579. The van der Waals surface area contributed by atoms with E-state index in [1.165, 1.54) is 4.31 Å². The Labute approximate surface area is 174 Å². The molecule has 1 atom stereocenters. The van der Waals surface area contributed by atoms with Crippen LogP contribution in [-0.2, 0) is 30.8 Å². The fourth-order valence-electron chi connectivity index (χ4n) is 3.79. The molecule has 9 heteroatoms. The number of hydrogen-bond donors (Lipinski definition) is 0. The molecule has 0 bridgehead atoms. The van der Waals surface area contributed by atoms with E-state index < -0.39 is 15.9 Å². The van der Waals surface area contributed by atoms with Crippen LogP contribution in [0.2, 0.25) is 0 Å². The van der Waals surface area contributed by atoms with Crippen LogP contribution < -0.4 is 4.90 Å². The maximum absolute atomic E-state index is 13.3. The van der Waals surface area contributed by atoms with Gasteiger partial charge in [-0.05, 0) is 59.8 Å². The van der Waals surface area contributed by atoms with Crippen LogP contribution in [-0.4, -0.2) is 50.8 Å². The first-order valence-corrected chi connectivity index (χ1v) is 11.8. The van der Waals surface area contributed by atoms with Gasteiger partial charge in [0.2, 0.25) is 15.9 Å². The Bertz CT molecular complexity index is 887. The van der Waals surface area contributed by atoms with E-state index in [0.29, 0.717) is 48.9 Å². The van der Waals surface area contributed by atoms with Crippen molar-refractivity contribution in [3.8, 4) is 0 Å². The molecule has 1 fully saturated rings. The minimum absolute atomic E-state index is 0.0234. The number of hydrogen-bond acceptors (Lipinski definition) is 5. The summed E-state index contributed by atoms with van der Waals surface area (Å²) in [6.07, 6.45) is 2.29. The Morgan fingerprint density at radius 2 is 2.00 bits per heavy atom. The van der Waals surface area contributed by atoms with Crippen molar-refractivity contribution in [3.05, 3.63) is 22.2 Å². The van der Waals surface area contributed by atoms with Gasteiger partial charge in [0.1, 0.15) is 0 Å². The van der Waals surface area contributed by atoms with Crippen molar-refractivity contribution < 1.29 is 22.7 Å². The number of amides is 1. The van der Waals surface area contributed by atoms with Crippen LogP contribution in [0.5, 0.6) is 0 Å². The van der Waals surface area contributed by atoms with Crippen molar-refractivity contribution >= 4 is 43.5 Å². The van der Waals surface area contributed by atoms with Crippen LogP contribution in [0.3, 0.4) is 0 Å². The summed E-state index contributed by atoms with van der Waals surface area (Å²) in [6.45, 7) is 4.84. The number of halogens is 1. The number of rotatable bonds is 5. The summed E-state index contributed by atoms with van der Waals surface area (Å²) >= 11 is 3.39. The monoisotopic (exact) mass is 472 g/mol. The Balaban J connectivity index is 1.92. The molecule has 0 saturated carbocycles. The number of ether oxygens (including phenoxy) is 1. The first-order chi connectivity index (χ1) is 13.3. The van der Waals surface area contributed by atoms with Crippen LogP contribution in [0.15, 0.2) is 21.5 Å². The molecular weight excluding hydrogens is 448 g/mol. The molecule has 2 heterocycles. The van der Waals surface area contributed by atoms with Crippen molar-refractivity contribution in [2.75, 3.05) is 31.1 Å². The largest absolute Gasteiger partial charge is 0.466 e. The Morgan fingerprint density at radius 3 is 2.68 bits per heavy atom. The molecule has 2 aliphatic rings. The van der Waals surface area contributed by atoms with Crippen LogP contribution in [0.25, 0.3) is 0 Å². The van der Waals surface area contributed by atoms with Crippen molar-refractivity contribution in [2.24, 2.45) is 5.92 Å². The zero-order valence-corrected chi connectivity index (χ0v) is 18.5. The van der Waals surface area contributed by atoms with Gasteiger partial charge in [-0.2, -0.15) is 4.31 Å². The number of anilines is 1. The lowest BCUT2D eigenvalue weighted by Gasteiger charge is -2.31. The first kappa shape index (κ1) is 21.3. The van der Waals surface area contributed by atoms with E-state index in [1.807, 2.05) is 0 Å². The van der Waals surface area contributed by atoms with Gasteiger partial charge in [-0.3, -0.25) is 9.59 Å². The quantitative estimate of drug-likeness (QED) is 0.615. The van der Waals surface area contributed by atoms with Gasteiger partial charge in [-0.25, -0.2) is 8.42 Å². The first-order valence-electron chi connectivity index (χ1n) is 9.59. The zero-order valence-electron chi connectivity index (χ0n) is 16.1. The fourth-order valence-corrected chi connectivity index (χ4v) is 6.38. The highest BCUT2D eigenvalue weighted by atomic mass is 79.9. The molecular formula is C19H25BrN2O5S. The van der Waals surface area contributed by atoms with Gasteiger partial charge < -0.3 is 9.64 Å². The lowest BCUT2D eigenvalue weighted by molar-refractivity contribution is -0.149. The molecule has 0 aromatic heterocycles. The van der Waals surface area contributed by atoms with E-state index in [-0.39, 0.29) is 29.9 Å². The summed E-state index contributed by atoms with van der Waals surface area (Å²) < 4.78 is 33.5. The number of fused-ring (bicyclic) bond motifs is 1. The van der Waals surface area contributed by atoms with E-state index in [1.54, 1.807) is 30.9 Å². The highest BCUT2D eigenvalue weighted by Gasteiger charge is 2.36. The summed E-state index contributed by atoms with van der Waals surface area (Å²) in [5.41, 5.74) is 1.61. The molecule has 0 radical (unpaired) electrons. The summed E-state index contributed by atoms with van der Waals surface area (Å²) in [4.78, 5) is 26.1. The number of carbonyl (C=O) groups excluding carboxylic acids is 2. The molecule has 1 aromatic rings. The Kier molecular flexibility index (Phi) is 6.46. The van der Waals surface area contributed by atoms with Gasteiger partial charge in [0.25, 0.3) is 0 Å². The second kappa shape index (κ2) is 8.51. The molecule has 7 nitrogen and oxygen atoms in total. The number of esters is 1. The van der Waals surface area contributed by atoms with Crippen molar-refractivity contribution in [3.63, 3.8) is 0 Å². The standard InChI is InChI=1S/C19H25BrN2O5S/c1-3-18(23)22-9-7-13-10-15(20)17(11-16(13)22)28(25,26)21-8-5-6-14(12-21)19(24)27-4-2/h10-11,14H,3-9,12H2,1-2H3/t14-/m1/s1. The number of piperidine rings is 1. The number of nitrogens with zero attached hydrogens (tertiary/aromatic N) is 2. The van der Waals surface area contributed by atoms with Crippen LogP contribution in [0, 0.1) is 5.92 Å². The van der Waals surface area contributed by atoms with E-state index in [4.69, 9.17) is 4.74 Å². The Hall–Kier alpha value is -1.45. The third-order valence-corrected chi connectivity index (χ3v) is 8.08. The van der Waals surface area contributed by atoms with E-state index in [2.05, 4.69) is 15.9 Å². The van der Waals surface area contributed by atoms with Crippen LogP contribution in [0.1, 0.15) is 38.7 Å². The normalized spacial score (nSPS) is 20.1. The van der Waals surface area contributed by atoms with Gasteiger partial charge in [0.15, 0.2) is 0 Å². The lowest BCUT2D eigenvalue weighted by Crippen LogP contribution is -2.42. The molecule has 1 aromatic carbocycles. The van der Waals surface area contributed by atoms with Crippen molar-refractivity contribution in [2.45, 2.75) is 44.4 Å². The minimum Gasteiger partial charge on any atom is -0.466 e. The molecule has 0 spiro atoms. The van der Waals surface area contributed by atoms with Gasteiger partial charge in [0.05, 0.1) is 17.4 Å². The third kappa shape index (κ3) is 3.97. The SMILES string of the molecule is CCOC(=O)[C@@H]1CCCN(S(=O)(=O)c2cc3c(cc2Br)CCN3C(=O)CC)C1. The van der Waals surface area contributed by atoms with Crippen molar-refractivity contribution in [1.82, 2.24) is 4.31 Å². The summed E-state index contributed by atoms with van der Waals surface area (Å²) in [5, 5.41) is 0. The molecule has 1 saturated heterocycles. The predicted molar refractivity (Wildman–Crippen MR) is 109 cm³/mol. The molecule has 0 unspecified atom stereocenters. The van der Waals surface area contributed by atoms with E-state index in [9.17, 15) is 18.0 Å². The maximum Gasteiger partial charge on any atom is 0.310 e. The second-order valence-corrected chi connectivity index (χ2v) is 9.78. The summed E-state index contributed by atoms with van der Waals surface area (Å²) in [6, 6.07) is 3.38. The summed E-state index contributed by atoms with van der Waals surface area (Å²) in [5.74, 6) is -0.824. The maximum atomic E-state index is 13.3. The average molecular weight is 473 g/mol. The molecule has 2 aliphatic heterocycles. The zero-order chi connectivity index (χ0) is 20.5. The Morgan fingerprint density at radius 1 is 1.25 bits per heavy atom. The van der Waals surface area contributed by atoms with Crippen LogP contribution in [0.4, 0.5) is 5.69 Å². The third-order valence-electron chi connectivity index (χ3n) is 5.25. The van der Waals surface area contributed by atoms with Crippen LogP contribution >= 0.6 is 15.9 Å². The number of carbonyl (C=O) groups is 2. The van der Waals surface area contributed by atoms with Gasteiger partial charge in [-0.15, -0.1) is 0 Å². The van der Waals surface area contributed by atoms with Gasteiger partial charge >= 0.3 is 5.97 Å². The molecule has 154 valence electrons. The average Bonchev–Trinajstić information content (AvgIpc) is 3.09. The molecule has 1 amide bonds. The van der Waals surface area contributed by atoms with E-state index >= 15 is 0 Å². The molecule has 0 aliphatic carbocycles. The molecule has 3 rings (SSSR count). The highest BCUT2D eigenvalue weighted by molar-refractivity contribution is 9.10. The second-order valence-electron chi connectivity index (χ2n) is 7.01. The molecule has 28 heavy (non-hydrogen) atoms. The summed E-state index contributed by atoms with van der Waals surface area (Å²) in [7, 11) is -3.81. The smallest absolute Gasteiger partial charge is 0.310 e. The lowest BCUT2D eigenvalue weighted by atomic mass is 10.0.